The largest absolute Gasteiger partial charge is 0.392 e. The van der Waals surface area contributed by atoms with Crippen LogP contribution in [0, 0.1) is 5.41 Å². The van der Waals surface area contributed by atoms with Crippen LogP contribution in [0.25, 0.3) is 0 Å². The number of nitrogens with one attached hydrogen (secondary N) is 1. The molecule has 0 radical (unpaired) electrons. The first kappa shape index (κ1) is 14.5. The highest BCUT2D eigenvalue weighted by Gasteiger charge is 2.43. The number of thiocarbonyl (C=S) groups is 1. The molecule has 0 spiro atoms. The van der Waals surface area contributed by atoms with Crippen molar-refractivity contribution in [1.29, 1.82) is 0 Å². The highest BCUT2D eigenvalue weighted by atomic mass is 32.1. The lowest BCUT2D eigenvalue weighted by molar-refractivity contribution is -0.122. The van der Waals surface area contributed by atoms with Crippen molar-refractivity contribution < 1.29 is 9.59 Å². The Balaban J connectivity index is 2.14. The number of rotatable bonds is 4. The lowest BCUT2D eigenvalue weighted by atomic mass is 9.85. The van der Waals surface area contributed by atoms with Crippen molar-refractivity contribution in [2.75, 3.05) is 5.32 Å². The average Bonchev–Trinajstić information content (AvgIpc) is 2.90. The fourth-order valence-electron chi connectivity index (χ4n) is 2.53. The third-order valence-electron chi connectivity index (χ3n) is 3.79. The lowest BCUT2D eigenvalue weighted by Gasteiger charge is -2.26. The Kier molecular flexibility index (Phi) is 4.04. The van der Waals surface area contributed by atoms with Crippen LogP contribution in [0.2, 0.25) is 0 Å². The molecule has 2 amide bonds. The summed E-state index contributed by atoms with van der Waals surface area (Å²) in [5.74, 6) is -0.674. The lowest BCUT2D eigenvalue weighted by Crippen LogP contribution is -2.43. The molecule has 1 fully saturated rings. The van der Waals surface area contributed by atoms with Crippen LogP contribution in [-0.4, -0.2) is 16.8 Å². The van der Waals surface area contributed by atoms with Crippen molar-refractivity contribution in [1.82, 2.24) is 0 Å². The third-order valence-corrected chi connectivity index (χ3v) is 4.18. The molecule has 2 rings (SSSR count). The van der Waals surface area contributed by atoms with Gasteiger partial charge in [0.15, 0.2) is 0 Å². The SMILES string of the molecule is NC(=O)c1ccc(NC(=O)C2(C(N)=S)CCCC2)cc1. The van der Waals surface area contributed by atoms with Crippen LogP contribution in [0.3, 0.4) is 0 Å². The predicted octanol–water partition coefficient (Wildman–Crippen LogP) is 1.57. The zero-order valence-electron chi connectivity index (χ0n) is 11.0. The van der Waals surface area contributed by atoms with Gasteiger partial charge in [0.25, 0.3) is 0 Å². The summed E-state index contributed by atoms with van der Waals surface area (Å²) in [6, 6.07) is 6.42. The van der Waals surface area contributed by atoms with Gasteiger partial charge >= 0.3 is 0 Å². The number of nitrogens with two attached hydrogens (primary N) is 2. The maximum atomic E-state index is 12.4. The van der Waals surface area contributed by atoms with Gasteiger partial charge in [-0.3, -0.25) is 9.59 Å². The second-order valence-electron chi connectivity index (χ2n) is 5.05. The van der Waals surface area contributed by atoms with E-state index in [4.69, 9.17) is 23.7 Å². The Hall–Kier alpha value is -1.95. The molecule has 0 atom stereocenters. The second-order valence-corrected chi connectivity index (χ2v) is 5.49. The fraction of sp³-hybridized carbons (Fsp3) is 0.357. The van der Waals surface area contributed by atoms with Gasteiger partial charge in [0, 0.05) is 11.3 Å². The molecule has 6 heteroatoms. The summed E-state index contributed by atoms with van der Waals surface area (Å²) in [5.41, 5.74) is 11.2. The molecule has 0 heterocycles. The summed E-state index contributed by atoms with van der Waals surface area (Å²) in [6.07, 6.45) is 3.28. The van der Waals surface area contributed by atoms with Gasteiger partial charge in [-0.1, -0.05) is 25.1 Å². The van der Waals surface area contributed by atoms with Gasteiger partial charge in [0.05, 0.1) is 10.4 Å². The van der Waals surface area contributed by atoms with E-state index in [1.54, 1.807) is 24.3 Å². The summed E-state index contributed by atoms with van der Waals surface area (Å²) in [7, 11) is 0. The molecule has 1 aliphatic carbocycles. The van der Waals surface area contributed by atoms with E-state index >= 15 is 0 Å². The maximum Gasteiger partial charge on any atom is 0.248 e. The number of hydrogen-bond acceptors (Lipinski definition) is 3. The maximum absolute atomic E-state index is 12.4. The molecule has 0 aromatic heterocycles. The van der Waals surface area contributed by atoms with Crippen molar-refractivity contribution in [3.8, 4) is 0 Å². The van der Waals surface area contributed by atoms with Gasteiger partial charge in [-0.15, -0.1) is 0 Å². The standard InChI is InChI=1S/C14H17N3O2S/c15-11(18)9-3-5-10(6-4-9)17-13(19)14(12(16)20)7-1-2-8-14/h3-6H,1-2,7-8H2,(H2,15,18)(H2,16,20)(H,17,19). The Labute approximate surface area is 122 Å². The summed E-state index contributed by atoms with van der Waals surface area (Å²) < 4.78 is 0. The average molecular weight is 291 g/mol. The predicted molar refractivity (Wildman–Crippen MR) is 81.3 cm³/mol. The minimum absolute atomic E-state index is 0.172. The van der Waals surface area contributed by atoms with Gasteiger partial charge in [0.1, 0.15) is 0 Å². The van der Waals surface area contributed by atoms with E-state index in [1.807, 2.05) is 0 Å². The number of benzene rings is 1. The van der Waals surface area contributed by atoms with Crippen LogP contribution in [0.1, 0.15) is 36.0 Å². The van der Waals surface area contributed by atoms with Crippen molar-refractivity contribution in [3.05, 3.63) is 29.8 Å². The van der Waals surface area contributed by atoms with E-state index < -0.39 is 11.3 Å². The molecule has 1 aliphatic rings. The summed E-state index contributed by atoms with van der Waals surface area (Å²) >= 11 is 5.07. The van der Waals surface area contributed by atoms with Crippen LogP contribution in [-0.2, 0) is 4.79 Å². The molecule has 0 unspecified atom stereocenters. The Morgan fingerprint density at radius 3 is 2.10 bits per heavy atom. The Bertz CT molecular complexity index is 548. The van der Waals surface area contributed by atoms with Gasteiger partial charge in [-0.05, 0) is 37.1 Å². The quantitative estimate of drug-likeness (QED) is 0.733. The number of amides is 2. The highest BCUT2D eigenvalue weighted by Crippen LogP contribution is 2.39. The van der Waals surface area contributed by atoms with Crippen LogP contribution >= 0.6 is 12.2 Å². The van der Waals surface area contributed by atoms with E-state index in [0.717, 1.165) is 12.8 Å². The molecule has 1 aromatic carbocycles. The first-order chi connectivity index (χ1) is 9.45. The van der Waals surface area contributed by atoms with Gasteiger partial charge < -0.3 is 16.8 Å². The summed E-state index contributed by atoms with van der Waals surface area (Å²) in [4.78, 5) is 23.7. The number of primary amides is 1. The summed E-state index contributed by atoms with van der Waals surface area (Å²) in [5, 5.41) is 2.81. The topological polar surface area (TPSA) is 98.2 Å². The first-order valence-electron chi connectivity index (χ1n) is 6.47. The Morgan fingerprint density at radius 2 is 1.65 bits per heavy atom. The van der Waals surface area contributed by atoms with Gasteiger partial charge in [0.2, 0.25) is 11.8 Å². The molecule has 0 aliphatic heterocycles. The van der Waals surface area contributed by atoms with E-state index in [9.17, 15) is 9.59 Å². The third kappa shape index (κ3) is 2.65. The number of anilines is 1. The van der Waals surface area contributed by atoms with Gasteiger partial charge in [-0.25, -0.2) is 0 Å². The minimum Gasteiger partial charge on any atom is -0.392 e. The monoisotopic (exact) mass is 291 g/mol. The molecule has 0 saturated heterocycles. The number of carbonyl (C=O) groups is 2. The smallest absolute Gasteiger partial charge is 0.248 e. The Morgan fingerprint density at radius 1 is 1.10 bits per heavy atom. The van der Waals surface area contributed by atoms with E-state index in [0.29, 0.717) is 24.1 Å². The molecule has 106 valence electrons. The molecule has 1 saturated carbocycles. The van der Waals surface area contributed by atoms with Crippen LogP contribution in [0.4, 0.5) is 5.69 Å². The van der Waals surface area contributed by atoms with Crippen molar-refractivity contribution in [3.63, 3.8) is 0 Å². The molecule has 1 aromatic rings. The zero-order valence-corrected chi connectivity index (χ0v) is 11.8. The number of carbonyl (C=O) groups excluding carboxylic acids is 2. The molecule has 5 N–H and O–H groups in total. The van der Waals surface area contributed by atoms with Crippen molar-refractivity contribution in [2.24, 2.45) is 16.9 Å². The molecule has 20 heavy (non-hydrogen) atoms. The van der Waals surface area contributed by atoms with Crippen molar-refractivity contribution >= 4 is 34.7 Å². The van der Waals surface area contributed by atoms with Crippen LogP contribution in [0.5, 0.6) is 0 Å². The minimum atomic E-state index is -0.738. The fourth-order valence-corrected chi connectivity index (χ4v) is 2.83. The molecular formula is C14H17N3O2S. The van der Waals surface area contributed by atoms with Crippen LogP contribution in [0.15, 0.2) is 24.3 Å². The molecule has 0 bridgehead atoms. The molecule has 5 nitrogen and oxygen atoms in total. The first-order valence-corrected chi connectivity index (χ1v) is 6.88. The molecular weight excluding hydrogens is 274 g/mol. The second kappa shape index (κ2) is 5.58. The normalized spacial score (nSPS) is 16.6. The number of hydrogen-bond donors (Lipinski definition) is 3. The van der Waals surface area contributed by atoms with E-state index in [2.05, 4.69) is 5.32 Å². The van der Waals surface area contributed by atoms with Gasteiger partial charge in [-0.2, -0.15) is 0 Å². The summed E-state index contributed by atoms with van der Waals surface area (Å²) in [6.45, 7) is 0. The van der Waals surface area contributed by atoms with E-state index in [1.165, 1.54) is 0 Å². The van der Waals surface area contributed by atoms with Crippen LogP contribution < -0.4 is 16.8 Å². The zero-order chi connectivity index (χ0) is 14.8. The highest BCUT2D eigenvalue weighted by molar-refractivity contribution is 7.80. The van der Waals surface area contributed by atoms with E-state index in [-0.39, 0.29) is 10.9 Å². The van der Waals surface area contributed by atoms with Crippen molar-refractivity contribution in [2.45, 2.75) is 25.7 Å².